The van der Waals surface area contributed by atoms with Crippen LogP contribution in [0, 0.1) is 11.5 Å². The van der Waals surface area contributed by atoms with Crippen LogP contribution in [0.15, 0.2) is 4.76 Å². The van der Waals surface area contributed by atoms with Gasteiger partial charge >= 0.3 is 7.75 Å². The van der Waals surface area contributed by atoms with Crippen molar-refractivity contribution in [3.05, 3.63) is 0 Å². The third kappa shape index (κ3) is 5.54. The monoisotopic (exact) mass is 220 g/mol. The smallest absolute Gasteiger partial charge is 0.291 e. The molecule has 0 atom stereocenters. The molecular formula is C6H13N4O3P. The molecule has 14 heavy (non-hydrogen) atoms. The molecule has 0 heterocycles. The topological polar surface area (TPSA) is 95.7 Å². The van der Waals surface area contributed by atoms with Gasteiger partial charge in [-0.05, 0) is 13.8 Å². The molecule has 0 saturated heterocycles. The first kappa shape index (κ1) is 12.9. The van der Waals surface area contributed by atoms with Crippen LogP contribution in [0.5, 0.6) is 0 Å². The van der Waals surface area contributed by atoms with Crippen molar-refractivity contribution in [2.45, 2.75) is 13.8 Å². The fraction of sp³-hybridized carbons (Fsp3) is 0.667. The van der Waals surface area contributed by atoms with Gasteiger partial charge in [0, 0.05) is 0 Å². The van der Waals surface area contributed by atoms with Crippen molar-refractivity contribution >= 4 is 14.1 Å². The van der Waals surface area contributed by atoms with Crippen molar-refractivity contribution in [3.8, 4) is 6.19 Å². The minimum atomic E-state index is -3.40. The lowest BCUT2D eigenvalue weighted by Gasteiger charge is -2.10. The molecule has 0 rings (SSSR count). The van der Waals surface area contributed by atoms with Crippen LogP contribution in [0.4, 0.5) is 0 Å². The molecule has 8 heteroatoms. The van der Waals surface area contributed by atoms with Gasteiger partial charge in [-0.15, -0.1) is 0 Å². The number of hydrogen-bond donors (Lipinski definition) is 2. The first-order valence-electron chi connectivity index (χ1n) is 4.01. The quantitative estimate of drug-likeness (QED) is 0.125. The second-order valence-corrected chi connectivity index (χ2v) is 3.61. The van der Waals surface area contributed by atoms with Crippen LogP contribution >= 0.6 is 7.75 Å². The predicted molar refractivity (Wildman–Crippen MR) is 51.2 cm³/mol. The van der Waals surface area contributed by atoms with E-state index in [-0.39, 0.29) is 13.2 Å². The molecule has 0 aromatic carbocycles. The molecule has 80 valence electrons. The maximum atomic E-state index is 11.6. The molecule has 0 fully saturated rings. The summed E-state index contributed by atoms with van der Waals surface area (Å²) in [5.74, 6) is 0. The van der Waals surface area contributed by atoms with Crippen LogP contribution in [0.2, 0.25) is 0 Å². The van der Waals surface area contributed by atoms with Gasteiger partial charge in [0.2, 0.25) is 0 Å². The lowest BCUT2D eigenvalue weighted by Crippen LogP contribution is -2.24. The Labute approximate surface area is 82.7 Å². The van der Waals surface area contributed by atoms with E-state index in [1.54, 1.807) is 20.0 Å². The second-order valence-electron chi connectivity index (χ2n) is 1.93. The van der Waals surface area contributed by atoms with E-state index in [9.17, 15) is 4.57 Å². The van der Waals surface area contributed by atoms with Gasteiger partial charge in [-0.3, -0.25) is 14.5 Å². The summed E-state index contributed by atoms with van der Waals surface area (Å²) in [6.07, 6.45) is 2.65. The molecule has 0 amide bonds. The number of nitriles is 1. The Balaban J connectivity index is 4.15. The summed E-state index contributed by atoms with van der Waals surface area (Å²) in [6, 6.07) is 0. The average molecular weight is 220 g/mol. The zero-order chi connectivity index (χ0) is 10.9. The van der Waals surface area contributed by atoms with Gasteiger partial charge < -0.3 is 0 Å². The highest BCUT2D eigenvalue weighted by molar-refractivity contribution is 7.52. The summed E-state index contributed by atoms with van der Waals surface area (Å²) in [5, 5.41) is 8.09. The Morgan fingerprint density at radius 1 is 1.50 bits per heavy atom. The SMILES string of the molecule is CCOP(=O)(N=CNNC#N)OCC. The normalized spacial score (nSPS) is 11.2. The number of hydrogen-bond acceptors (Lipinski definition) is 5. The molecule has 0 aromatic rings. The second kappa shape index (κ2) is 7.33. The molecule has 0 unspecified atom stereocenters. The highest BCUT2D eigenvalue weighted by atomic mass is 31.2. The van der Waals surface area contributed by atoms with Crippen molar-refractivity contribution in [3.63, 3.8) is 0 Å². The van der Waals surface area contributed by atoms with E-state index in [4.69, 9.17) is 14.3 Å². The van der Waals surface area contributed by atoms with E-state index in [0.29, 0.717) is 0 Å². The van der Waals surface area contributed by atoms with Crippen LogP contribution in [-0.4, -0.2) is 19.6 Å². The van der Waals surface area contributed by atoms with Gasteiger partial charge in [0.1, 0.15) is 6.34 Å². The van der Waals surface area contributed by atoms with Crippen LogP contribution in [0.3, 0.4) is 0 Å². The first-order valence-corrected chi connectivity index (χ1v) is 5.51. The summed E-state index contributed by atoms with van der Waals surface area (Å²) in [4.78, 5) is 0. The molecule has 0 aliphatic heterocycles. The summed E-state index contributed by atoms with van der Waals surface area (Å²) < 4.78 is 24.8. The highest BCUT2D eigenvalue weighted by Crippen LogP contribution is 2.48. The highest BCUT2D eigenvalue weighted by Gasteiger charge is 2.20. The van der Waals surface area contributed by atoms with Crippen molar-refractivity contribution in [1.29, 1.82) is 5.26 Å². The summed E-state index contributed by atoms with van der Waals surface area (Å²) in [5.41, 5.74) is 4.35. The minimum Gasteiger partial charge on any atom is -0.291 e. The molecule has 0 spiro atoms. The first-order chi connectivity index (χ1) is 6.68. The fourth-order valence-corrected chi connectivity index (χ4v) is 1.65. The number of nitrogens with zero attached hydrogens (tertiary/aromatic N) is 2. The summed E-state index contributed by atoms with van der Waals surface area (Å²) in [6.45, 7) is 3.84. The maximum absolute atomic E-state index is 11.6. The lowest BCUT2D eigenvalue weighted by molar-refractivity contribution is 0.221. The van der Waals surface area contributed by atoms with E-state index < -0.39 is 7.75 Å². The predicted octanol–water partition coefficient (Wildman–Crippen LogP) is 0.771. The fourth-order valence-electron chi connectivity index (χ4n) is 0.594. The maximum Gasteiger partial charge on any atom is 0.455 e. The van der Waals surface area contributed by atoms with Crippen LogP contribution in [-0.2, 0) is 13.6 Å². The number of rotatable bonds is 7. The molecule has 0 bridgehead atoms. The molecule has 0 radical (unpaired) electrons. The molecule has 7 nitrogen and oxygen atoms in total. The van der Waals surface area contributed by atoms with Crippen molar-refractivity contribution < 1.29 is 13.6 Å². The van der Waals surface area contributed by atoms with Crippen molar-refractivity contribution in [2.75, 3.05) is 13.2 Å². The van der Waals surface area contributed by atoms with Gasteiger partial charge in [0.25, 0.3) is 0 Å². The Hall–Kier alpha value is -1.09. The molecule has 0 aliphatic carbocycles. The Bertz CT molecular complexity index is 252. The van der Waals surface area contributed by atoms with Gasteiger partial charge in [0.15, 0.2) is 6.19 Å². The Morgan fingerprint density at radius 3 is 2.50 bits per heavy atom. The van der Waals surface area contributed by atoms with Gasteiger partial charge in [-0.25, -0.2) is 9.99 Å². The third-order valence-electron chi connectivity index (χ3n) is 0.976. The standard InChI is InChI=1S/C6H13N4O3P/c1-3-12-14(11,13-4-2)10-6-9-8-5-7/h6,8H,3-4H2,1-2H3,(H,9,10,11). The van der Waals surface area contributed by atoms with E-state index in [0.717, 1.165) is 6.34 Å². The van der Waals surface area contributed by atoms with Crippen molar-refractivity contribution in [2.24, 2.45) is 4.76 Å². The summed E-state index contributed by atoms with van der Waals surface area (Å²) >= 11 is 0. The average Bonchev–Trinajstić information content (AvgIpc) is 2.13. The lowest BCUT2D eigenvalue weighted by atomic mass is 10.9. The van der Waals surface area contributed by atoms with Crippen LogP contribution in [0.1, 0.15) is 13.8 Å². The van der Waals surface area contributed by atoms with Gasteiger partial charge in [0.05, 0.1) is 13.2 Å². The van der Waals surface area contributed by atoms with Gasteiger partial charge in [-0.2, -0.15) is 10.0 Å². The minimum absolute atomic E-state index is 0.236. The van der Waals surface area contributed by atoms with Gasteiger partial charge in [-0.1, -0.05) is 0 Å². The van der Waals surface area contributed by atoms with E-state index >= 15 is 0 Å². The van der Waals surface area contributed by atoms with Crippen LogP contribution in [0.25, 0.3) is 0 Å². The molecule has 0 aliphatic rings. The molecular weight excluding hydrogens is 207 g/mol. The molecule has 0 aromatic heterocycles. The largest absolute Gasteiger partial charge is 0.455 e. The zero-order valence-corrected chi connectivity index (χ0v) is 8.95. The van der Waals surface area contributed by atoms with Crippen LogP contribution < -0.4 is 10.9 Å². The number of nitrogens with one attached hydrogen (secondary N) is 2. The van der Waals surface area contributed by atoms with E-state index in [1.165, 1.54) is 0 Å². The van der Waals surface area contributed by atoms with Crippen molar-refractivity contribution in [1.82, 2.24) is 10.9 Å². The Morgan fingerprint density at radius 2 is 2.07 bits per heavy atom. The van der Waals surface area contributed by atoms with E-state index in [1.807, 2.05) is 0 Å². The zero-order valence-electron chi connectivity index (χ0n) is 8.06. The summed E-state index contributed by atoms with van der Waals surface area (Å²) in [7, 11) is -3.40. The molecule has 0 saturated carbocycles. The van der Waals surface area contributed by atoms with E-state index in [2.05, 4.69) is 15.6 Å². The number of hydrazine groups is 1. The third-order valence-corrected chi connectivity index (χ3v) is 2.54. The molecule has 2 N–H and O–H groups in total. The Kier molecular flexibility index (Phi) is 6.76.